The molecule has 0 heterocycles. The summed E-state index contributed by atoms with van der Waals surface area (Å²) in [5.74, 6) is 0.812. The van der Waals surface area contributed by atoms with Gasteiger partial charge in [0.25, 0.3) is 0 Å². The molecule has 0 radical (unpaired) electrons. The van der Waals surface area contributed by atoms with Gasteiger partial charge in [0.1, 0.15) is 12.4 Å². The number of ether oxygens (including phenoxy) is 1. The van der Waals surface area contributed by atoms with Crippen LogP contribution < -0.4 is 4.74 Å². The first-order chi connectivity index (χ1) is 7.95. The Balaban J connectivity index is 0.000000770. The van der Waals surface area contributed by atoms with E-state index in [0.29, 0.717) is 6.61 Å². The van der Waals surface area contributed by atoms with Gasteiger partial charge in [0.2, 0.25) is 0 Å². The molecule has 0 aromatic heterocycles. The van der Waals surface area contributed by atoms with Crippen molar-refractivity contribution in [2.75, 3.05) is 19.8 Å². The standard InChI is InChI=1S/C12H18O2.C2H6O/c1-12(2,3)10-4-6-11(7-5-10)14-9-8-13;1-2-3/h4-7,13H,8-9H2,1-3H3;3H,2H2,1H3. The minimum absolute atomic E-state index is 0.0566. The zero-order valence-electron chi connectivity index (χ0n) is 11.2. The number of rotatable bonds is 3. The van der Waals surface area contributed by atoms with Crippen LogP contribution in [-0.4, -0.2) is 30.0 Å². The second-order valence-electron chi connectivity index (χ2n) is 4.66. The van der Waals surface area contributed by atoms with Gasteiger partial charge in [-0.25, -0.2) is 0 Å². The highest BCUT2D eigenvalue weighted by Gasteiger charge is 2.12. The molecule has 0 fully saturated rings. The van der Waals surface area contributed by atoms with Crippen LogP contribution in [0.2, 0.25) is 0 Å². The fraction of sp³-hybridized carbons (Fsp3) is 0.571. The minimum atomic E-state index is 0.0566. The molecule has 1 aromatic rings. The number of aliphatic hydroxyl groups excluding tert-OH is 2. The Hall–Kier alpha value is -1.06. The molecule has 0 atom stereocenters. The maximum atomic E-state index is 8.59. The van der Waals surface area contributed by atoms with Crippen LogP contribution in [-0.2, 0) is 5.41 Å². The predicted molar refractivity (Wildman–Crippen MR) is 70.5 cm³/mol. The van der Waals surface area contributed by atoms with Gasteiger partial charge in [-0.1, -0.05) is 32.9 Å². The van der Waals surface area contributed by atoms with E-state index >= 15 is 0 Å². The van der Waals surface area contributed by atoms with E-state index < -0.39 is 0 Å². The third-order valence-electron chi connectivity index (χ3n) is 2.08. The lowest BCUT2D eigenvalue weighted by Gasteiger charge is -2.19. The topological polar surface area (TPSA) is 49.7 Å². The van der Waals surface area contributed by atoms with Crippen LogP contribution in [0.15, 0.2) is 24.3 Å². The molecular weight excluding hydrogens is 216 g/mol. The molecule has 3 nitrogen and oxygen atoms in total. The Labute approximate surface area is 104 Å². The highest BCUT2D eigenvalue weighted by molar-refractivity contribution is 5.30. The number of aliphatic hydroxyl groups is 2. The second-order valence-corrected chi connectivity index (χ2v) is 4.66. The Morgan fingerprint density at radius 3 is 1.88 bits per heavy atom. The van der Waals surface area contributed by atoms with Crippen molar-refractivity contribution in [3.05, 3.63) is 29.8 Å². The van der Waals surface area contributed by atoms with Crippen molar-refractivity contribution in [2.45, 2.75) is 33.1 Å². The third kappa shape index (κ3) is 6.97. The molecule has 17 heavy (non-hydrogen) atoms. The predicted octanol–water partition coefficient (Wildman–Crippen LogP) is 2.35. The molecule has 0 aliphatic carbocycles. The molecular formula is C14H24O3. The average Bonchev–Trinajstić information content (AvgIpc) is 2.27. The number of hydrogen-bond acceptors (Lipinski definition) is 3. The van der Waals surface area contributed by atoms with E-state index in [1.165, 1.54) is 5.56 Å². The highest BCUT2D eigenvalue weighted by Crippen LogP contribution is 2.24. The first-order valence-corrected chi connectivity index (χ1v) is 5.90. The summed E-state index contributed by atoms with van der Waals surface area (Å²) in [7, 11) is 0. The minimum Gasteiger partial charge on any atom is -0.491 e. The zero-order valence-corrected chi connectivity index (χ0v) is 11.2. The monoisotopic (exact) mass is 240 g/mol. The van der Waals surface area contributed by atoms with E-state index in [0.717, 1.165) is 5.75 Å². The molecule has 3 heteroatoms. The SMILES string of the molecule is CC(C)(C)c1ccc(OCCO)cc1.CCO. The maximum absolute atomic E-state index is 8.59. The molecule has 0 saturated carbocycles. The molecule has 1 rings (SSSR count). The smallest absolute Gasteiger partial charge is 0.119 e. The van der Waals surface area contributed by atoms with Crippen molar-refractivity contribution < 1.29 is 14.9 Å². The molecule has 0 unspecified atom stereocenters. The second kappa shape index (κ2) is 8.09. The quantitative estimate of drug-likeness (QED) is 0.852. The van der Waals surface area contributed by atoms with Gasteiger partial charge >= 0.3 is 0 Å². The van der Waals surface area contributed by atoms with Crippen LogP contribution in [0.4, 0.5) is 0 Å². The van der Waals surface area contributed by atoms with Crippen LogP contribution in [0.3, 0.4) is 0 Å². The van der Waals surface area contributed by atoms with Crippen LogP contribution in [0.5, 0.6) is 5.75 Å². The first-order valence-electron chi connectivity index (χ1n) is 5.90. The summed E-state index contributed by atoms with van der Waals surface area (Å²) in [6, 6.07) is 8.01. The summed E-state index contributed by atoms with van der Waals surface area (Å²) in [6.07, 6.45) is 0. The van der Waals surface area contributed by atoms with Crippen molar-refractivity contribution in [3.63, 3.8) is 0 Å². The van der Waals surface area contributed by atoms with Gasteiger partial charge in [0.15, 0.2) is 0 Å². The molecule has 0 saturated heterocycles. The lowest BCUT2D eigenvalue weighted by atomic mass is 9.87. The lowest BCUT2D eigenvalue weighted by Crippen LogP contribution is -2.10. The van der Waals surface area contributed by atoms with Gasteiger partial charge in [-0.05, 0) is 30.0 Å². The van der Waals surface area contributed by atoms with E-state index in [1.807, 2.05) is 12.1 Å². The van der Waals surface area contributed by atoms with Crippen LogP contribution in [0.1, 0.15) is 33.3 Å². The first kappa shape index (κ1) is 15.9. The maximum Gasteiger partial charge on any atom is 0.119 e. The summed E-state index contributed by atoms with van der Waals surface area (Å²) in [6.45, 7) is 8.87. The lowest BCUT2D eigenvalue weighted by molar-refractivity contribution is 0.201. The summed E-state index contributed by atoms with van der Waals surface area (Å²) in [5.41, 5.74) is 1.46. The molecule has 0 aliphatic rings. The Morgan fingerprint density at radius 1 is 1.06 bits per heavy atom. The number of benzene rings is 1. The normalized spacial score (nSPS) is 10.5. The van der Waals surface area contributed by atoms with Crippen LogP contribution in [0.25, 0.3) is 0 Å². The van der Waals surface area contributed by atoms with Gasteiger partial charge in [-0.3, -0.25) is 0 Å². The molecule has 0 aliphatic heterocycles. The van der Waals surface area contributed by atoms with Crippen molar-refractivity contribution in [1.29, 1.82) is 0 Å². The Kier molecular flexibility index (Phi) is 7.59. The van der Waals surface area contributed by atoms with E-state index in [9.17, 15) is 0 Å². The summed E-state index contributed by atoms with van der Waals surface area (Å²) in [5, 5.41) is 16.2. The third-order valence-corrected chi connectivity index (χ3v) is 2.08. The van der Waals surface area contributed by atoms with Gasteiger partial charge in [-0.2, -0.15) is 0 Å². The molecule has 0 amide bonds. The Morgan fingerprint density at radius 2 is 1.53 bits per heavy atom. The van der Waals surface area contributed by atoms with Crippen LogP contribution in [0, 0.1) is 0 Å². The Bertz CT molecular complexity index is 285. The molecule has 0 spiro atoms. The van der Waals surface area contributed by atoms with Gasteiger partial charge in [0.05, 0.1) is 6.61 Å². The molecule has 2 N–H and O–H groups in total. The van der Waals surface area contributed by atoms with Gasteiger partial charge in [0, 0.05) is 6.61 Å². The van der Waals surface area contributed by atoms with Crippen molar-refractivity contribution in [2.24, 2.45) is 0 Å². The highest BCUT2D eigenvalue weighted by atomic mass is 16.5. The average molecular weight is 240 g/mol. The van der Waals surface area contributed by atoms with E-state index in [1.54, 1.807) is 6.92 Å². The van der Waals surface area contributed by atoms with Crippen molar-refractivity contribution >= 4 is 0 Å². The zero-order chi connectivity index (χ0) is 13.3. The van der Waals surface area contributed by atoms with Gasteiger partial charge < -0.3 is 14.9 Å². The largest absolute Gasteiger partial charge is 0.491 e. The van der Waals surface area contributed by atoms with Crippen molar-refractivity contribution in [1.82, 2.24) is 0 Å². The molecule has 0 bridgehead atoms. The van der Waals surface area contributed by atoms with E-state index in [2.05, 4.69) is 32.9 Å². The number of hydrogen-bond donors (Lipinski definition) is 2. The fourth-order valence-corrected chi connectivity index (χ4v) is 1.21. The van der Waals surface area contributed by atoms with Crippen molar-refractivity contribution in [3.8, 4) is 5.75 Å². The summed E-state index contributed by atoms with van der Waals surface area (Å²) in [4.78, 5) is 0. The summed E-state index contributed by atoms with van der Waals surface area (Å²) >= 11 is 0. The summed E-state index contributed by atoms with van der Waals surface area (Å²) < 4.78 is 5.27. The van der Waals surface area contributed by atoms with Crippen LogP contribution >= 0.6 is 0 Å². The van der Waals surface area contributed by atoms with Gasteiger partial charge in [-0.15, -0.1) is 0 Å². The molecule has 98 valence electrons. The van der Waals surface area contributed by atoms with E-state index in [4.69, 9.17) is 14.9 Å². The van der Waals surface area contributed by atoms with E-state index in [-0.39, 0.29) is 18.6 Å². The fourth-order valence-electron chi connectivity index (χ4n) is 1.21. The molecule has 1 aromatic carbocycles.